The molecule has 2 heterocycles. The molecule has 0 unspecified atom stereocenters. The normalized spacial score (nSPS) is 16.1. The summed E-state index contributed by atoms with van der Waals surface area (Å²) < 4.78 is 5.43. The van der Waals surface area contributed by atoms with Gasteiger partial charge in [0, 0.05) is 43.4 Å². The van der Waals surface area contributed by atoms with Gasteiger partial charge in [-0.3, -0.25) is 4.79 Å². The summed E-state index contributed by atoms with van der Waals surface area (Å²) in [7, 11) is 0. The highest BCUT2D eigenvalue weighted by molar-refractivity contribution is 5.80. The lowest BCUT2D eigenvalue weighted by Gasteiger charge is -2.37. The van der Waals surface area contributed by atoms with Crippen LogP contribution in [0.1, 0.15) is 38.7 Å². The smallest absolute Gasteiger partial charge is 0.223 e. The molecule has 2 aromatic rings. The van der Waals surface area contributed by atoms with Crippen LogP contribution in [0.25, 0.3) is 10.9 Å². The Morgan fingerprint density at radius 3 is 2.83 bits per heavy atom. The molecule has 124 valence electrons. The van der Waals surface area contributed by atoms with E-state index < -0.39 is 0 Å². The summed E-state index contributed by atoms with van der Waals surface area (Å²) in [6.45, 7) is 5.76. The maximum Gasteiger partial charge on any atom is 0.223 e. The number of nitrogens with one attached hydrogen (secondary N) is 1. The van der Waals surface area contributed by atoms with Crippen LogP contribution in [-0.4, -0.2) is 41.1 Å². The molecular weight excluding hydrogens is 288 g/mol. The van der Waals surface area contributed by atoms with Crippen molar-refractivity contribution in [3.8, 4) is 0 Å². The molecule has 0 atom stereocenters. The van der Waals surface area contributed by atoms with Gasteiger partial charge in [-0.05, 0) is 62.3 Å². The van der Waals surface area contributed by atoms with Gasteiger partial charge in [-0.25, -0.2) is 0 Å². The highest BCUT2D eigenvalue weighted by atomic mass is 16.5. The quantitative estimate of drug-likeness (QED) is 0.918. The number of nitrogens with zero attached hydrogens (tertiary/aromatic N) is 1. The number of fused-ring (bicyclic) bond motifs is 1. The van der Waals surface area contributed by atoms with Gasteiger partial charge in [0.25, 0.3) is 0 Å². The van der Waals surface area contributed by atoms with Crippen LogP contribution in [0.15, 0.2) is 30.5 Å². The minimum atomic E-state index is 0.248. The van der Waals surface area contributed by atoms with Gasteiger partial charge in [0.05, 0.1) is 0 Å². The highest BCUT2D eigenvalue weighted by Gasteiger charge is 2.27. The maximum atomic E-state index is 12.7. The number of amides is 1. The van der Waals surface area contributed by atoms with Crippen molar-refractivity contribution in [1.29, 1.82) is 0 Å². The first kappa shape index (κ1) is 16.1. The number of aryl methyl sites for hydroxylation is 1. The Morgan fingerprint density at radius 1 is 1.30 bits per heavy atom. The molecule has 1 saturated heterocycles. The van der Waals surface area contributed by atoms with Gasteiger partial charge < -0.3 is 14.6 Å². The van der Waals surface area contributed by atoms with Crippen LogP contribution < -0.4 is 0 Å². The van der Waals surface area contributed by atoms with Crippen LogP contribution in [0.3, 0.4) is 0 Å². The van der Waals surface area contributed by atoms with Crippen molar-refractivity contribution in [2.24, 2.45) is 0 Å². The number of ether oxygens (including phenoxy) is 1. The van der Waals surface area contributed by atoms with E-state index in [0.29, 0.717) is 12.5 Å². The van der Waals surface area contributed by atoms with E-state index in [-0.39, 0.29) is 11.9 Å². The lowest BCUT2D eigenvalue weighted by Crippen LogP contribution is -2.47. The first-order valence-corrected chi connectivity index (χ1v) is 8.60. The Kier molecular flexibility index (Phi) is 5.01. The summed E-state index contributed by atoms with van der Waals surface area (Å²) in [5.41, 5.74) is 2.37. The first-order valence-electron chi connectivity index (χ1n) is 8.60. The lowest BCUT2D eigenvalue weighted by molar-refractivity contribution is -0.137. The molecule has 0 bridgehead atoms. The molecule has 1 aliphatic heterocycles. The minimum Gasteiger partial charge on any atom is -0.381 e. The summed E-state index contributed by atoms with van der Waals surface area (Å²) in [5, 5.41) is 1.21. The number of hydrogen-bond acceptors (Lipinski definition) is 2. The van der Waals surface area contributed by atoms with Gasteiger partial charge in [0.15, 0.2) is 0 Å². The molecule has 0 saturated carbocycles. The van der Waals surface area contributed by atoms with E-state index in [2.05, 4.69) is 48.0 Å². The van der Waals surface area contributed by atoms with E-state index in [4.69, 9.17) is 4.74 Å². The molecule has 1 aromatic carbocycles. The van der Waals surface area contributed by atoms with Gasteiger partial charge in [0.1, 0.15) is 0 Å². The van der Waals surface area contributed by atoms with Gasteiger partial charge in [-0.15, -0.1) is 0 Å². The molecule has 1 amide bonds. The fourth-order valence-corrected chi connectivity index (χ4v) is 3.52. The Bertz CT molecular complexity index is 656. The van der Waals surface area contributed by atoms with Gasteiger partial charge in [0.2, 0.25) is 5.91 Å². The molecule has 4 nitrogen and oxygen atoms in total. The molecular formula is C19H26N2O2. The van der Waals surface area contributed by atoms with Crippen LogP contribution in [0.5, 0.6) is 0 Å². The number of H-pyrrole nitrogens is 1. The molecule has 0 radical (unpaired) electrons. The third kappa shape index (κ3) is 3.75. The zero-order valence-electron chi connectivity index (χ0n) is 14.0. The molecule has 23 heavy (non-hydrogen) atoms. The predicted octanol–water partition coefficient (Wildman–Crippen LogP) is 3.52. The Labute approximate surface area is 137 Å². The largest absolute Gasteiger partial charge is 0.381 e. The molecule has 1 aromatic heterocycles. The van der Waals surface area contributed by atoms with Crippen molar-refractivity contribution < 1.29 is 9.53 Å². The van der Waals surface area contributed by atoms with Crippen molar-refractivity contribution in [1.82, 2.24) is 9.88 Å². The molecule has 3 rings (SSSR count). The highest BCUT2D eigenvalue weighted by Crippen LogP contribution is 2.20. The van der Waals surface area contributed by atoms with Crippen molar-refractivity contribution in [2.75, 3.05) is 13.2 Å². The summed E-state index contributed by atoms with van der Waals surface area (Å²) in [6, 6.07) is 9.03. The van der Waals surface area contributed by atoms with E-state index in [0.717, 1.165) is 38.0 Å². The number of hydrogen-bond donors (Lipinski definition) is 1. The third-order valence-electron chi connectivity index (χ3n) is 4.67. The molecule has 1 aliphatic rings. The molecule has 0 aliphatic carbocycles. The SMILES string of the molecule is CC(C)N(C(=O)CCc1ccc2[nH]ccc2c1)C1CCOCC1. The number of carbonyl (C=O) groups excluding carboxylic acids is 1. The van der Waals surface area contributed by atoms with Gasteiger partial charge in [-0.2, -0.15) is 0 Å². The second kappa shape index (κ2) is 7.18. The van der Waals surface area contributed by atoms with Crippen LogP contribution >= 0.6 is 0 Å². The zero-order valence-corrected chi connectivity index (χ0v) is 14.0. The fourth-order valence-electron chi connectivity index (χ4n) is 3.52. The number of benzene rings is 1. The van der Waals surface area contributed by atoms with Crippen molar-refractivity contribution >= 4 is 16.8 Å². The van der Waals surface area contributed by atoms with Crippen molar-refractivity contribution in [3.05, 3.63) is 36.0 Å². The Balaban J connectivity index is 1.63. The Morgan fingerprint density at radius 2 is 2.09 bits per heavy atom. The molecule has 1 N–H and O–H groups in total. The second-order valence-electron chi connectivity index (χ2n) is 6.64. The maximum absolute atomic E-state index is 12.7. The zero-order chi connectivity index (χ0) is 16.2. The average molecular weight is 314 g/mol. The predicted molar refractivity (Wildman–Crippen MR) is 92.4 cm³/mol. The fraction of sp³-hybridized carbons (Fsp3) is 0.526. The Hall–Kier alpha value is -1.81. The summed E-state index contributed by atoms with van der Waals surface area (Å²) in [4.78, 5) is 18.0. The standard InChI is InChI=1S/C19H26N2O2/c1-14(2)21(17-8-11-23-12-9-17)19(22)6-4-15-3-5-18-16(13-15)7-10-20-18/h3,5,7,10,13-14,17,20H,4,6,8-9,11-12H2,1-2H3. The number of aromatic nitrogens is 1. The van der Waals surface area contributed by atoms with Crippen LogP contribution in [0, 0.1) is 0 Å². The second-order valence-corrected chi connectivity index (χ2v) is 6.64. The third-order valence-corrected chi connectivity index (χ3v) is 4.67. The van der Waals surface area contributed by atoms with Crippen molar-refractivity contribution in [2.45, 2.75) is 51.6 Å². The number of rotatable bonds is 5. The van der Waals surface area contributed by atoms with Crippen molar-refractivity contribution in [3.63, 3.8) is 0 Å². The topological polar surface area (TPSA) is 45.3 Å². The van der Waals surface area contributed by atoms with Gasteiger partial charge in [-0.1, -0.05) is 6.07 Å². The van der Waals surface area contributed by atoms with E-state index in [1.165, 1.54) is 10.9 Å². The monoisotopic (exact) mass is 314 g/mol. The minimum absolute atomic E-state index is 0.248. The summed E-state index contributed by atoms with van der Waals surface area (Å²) in [5.74, 6) is 0.265. The van der Waals surface area contributed by atoms with E-state index in [1.54, 1.807) is 0 Å². The molecule has 0 spiro atoms. The van der Waals surface area contributed by atoms with Crippen LogP contribution in [0.4, 0.5) is 0 Å². The summed E-state index contributed by atoms with van der Waals surface area (Å²) in [6.07, 6.45) is 5.24. The average Bonchev–Trinajstić information content (AvgIpc) is 3.01. The number of carbonyl (C=O) groups is 1. The van der Waals surface area contributed by atoms with E-state index in [9.17, 15) is 4.79 Å². The summed E-state index contributed by atoms with van der Waals surface area (Å²) >= 11 is 0. The molecule has 4 heteroatoms. The number of aromatic amines is 1. The van der Waals surface area contributed by atoms with Crippen LogP contribution in [-0.2, 0) is 16.0 Å². The first-order chi connectivity index (χ1) is 11.1. The van der Waals surface area contributed by atoms with Crippen LogP contribution in [0.2, 0.25) is 0 Å². The van der Waals surface area contributed by atoms with E-state index >= 15 is 0 Å². The van der Waals surface area contributed by atoms with E-state index in [1.807, 2.05) is 6.20 Å². The lowest BCUT2D eigenvalue weighted by atomic mass is 10.0. The van der Waals surface area contributed by atoms with Gasteiger partial charge >= 0.3 is 0 Å². The molecule has 1 fully saturated rings.